The summed E-state index contributed by atoms with van der Waals surface area (Å²) >= 11 is 2.07. The number of nitrogens with one attached hydrogen (secondary N) is 1. The first-order chi connectivity index (χ1) is 9.38. The van der Waals surface area contributed by atoms with E-state index < -0.39 is 0 Å². The maximum Gasteiger partial charge on any atom is 0.134 e. The molecule has 0 amide bonds. The summed E-state index contributed by atoms with van der Waals surface area (Å²) in [5.74, 6) is 3.73. The van der Waals surface area contributed by atoms with Crippen LogP contribution in [-0.2, 0) is 13.0 Å². The fourth-order valence-electron chi connectivity index (χ4n) is 2.78. The Bertz CT molecular complexity index is 543. The number of fused-ring (bicyclic) bond motifs is 1. The summed E-state index contributed by atoms with van der Waals surface area (Å²) in [6.45, 7) is 3.11. The molecule has 1 aromatic heterocycles. The second kappa shape index (κ2) is 6.02. The van der Waals surface area contributed by atoms with Crippen LogP contribution in [0.5, 0.6) is 0 Å². The fraction of sp³-hybridized carbons (Fsp3) is 0.500. The van der Waals surface area contributed by atoms with Crippen molar-refractivity contribution < 1.29 is 4.42 Å². The molecule has 1 aliphatic rings. The van der Waals surface area contributed by atoms with E-state index in [1.807, 2.05) is 6.07 Å². The molecule has 0 radical (unpaired) electrons. The van der Waals surface area contributed by atoms with Gasteiger partial charge in [-0.1, -0.05) is 25.1 Å². The van der Waals surface area contributed by atoms with Crippen molar-refractivity contribution >= 4 is 22.7 Å². The second-order valence-electron chi connectivity index (χ2n) is 5.12. The van der Waals surface area contributed by atoms with E-state index in [4.69, 9.17) is 4.42 Å². The van der Waals surface area contributed by atoms with E-state index >= 15 is 0 Å². The second-order valence-corrected chi connectivity index (χ2v) is 6.35. The standard InChI is InChI=1S/C16H21NOS/c1-2-15-14(11-17-12-7-9-19-10-8-12)13-5-3-4-6-16(13)18-15/h3-6,12,17H,2,7-11H2,1H3. The highest BCUT2D eigenvalue weighted by Gasteiger charge is 2.16. The van der Waals surface area contributed by atoms with Crippen LogP contribution in [0, 0.1) is 0 Å². The van der Waals surface area contributed by atoms with Gasteiger partial charge < -0.3 is 9.73 Å². The number of furan rings is 1. The predicted octanol–water partition coefficient (Wildman–Crippen LogP) is 3.98. The molecule has 1 fully saturated rings. The van der Waals surface area contributed by atoms with Gasteiger partial charge in [0.05, 0.1) is 0 Å². The quantitative estimate of drug-likeness (QED) is 0.913. The van der Waals surface area contributed by atoms with Crippen LogP contribution in [0.1, 0.15) is 31.1 Å². The first kappa shape index (κ1) is 13.1. The van der Waals surface area contributed by atoms with E-state index in [1.165, 1.54) is 35.3 Å². The van der Waals surface area contributed by atoms with E-state index in [1.54, 1.807) is 0 Å². The molecule has 0 saturated carbocycles. The lowest BCUT2D eigenvalue weighted by Crippen LogP contribution is -2.32. The van der Waals surface area contributed by atoms with Gasteiger partial charge in [-0.25, -0.2) is 0 Å². The maximum absolute atomic E-state index is 5.94. The van der Waals surface area contributed by atoms with Crippen LogP contribution < -0.4 is 5.32 Å². The Balaban J connectivity index is 1.78. The van der Waals surface area contributed by atoms with Gasteiger partial charge in [0, 0.05) is 30.0 Å². The first-order valence-corrected chi connectivity index (χ1v) is 8.34. The highest BCUT2D eigenvalue weighted by atomic mass is 32.2. The molecule has 2 heterocycles. The summed E-state index contributed by atoms with van der Waals surface area (Å²) in [7, 11) is 0. The summed E-state index contributed by atoms with van der Waals surface area (Å²) in [6, 6.07) is 9.06. The lowest BCUT2D eigenvalue weighted by atomic mass is 10.1. The number of benzene rings is 1. The predicted molar refractivity (Wildman–Crippen MR) is 82.8 cm³/mol. The molecular weight excluding hydrogens is 254 g/mol. The lowest BCUT2D eigenvalue weighted by molar-refractivity contribution is 0.475. The van der Waals surface area contributed by atoms with E-state index in [-0.39, 0.29) is 0 Å². The van der Waals surface area contributed by atoms with Gasteiger partial charge in [-0.05, 0) is 30.4 Å². The number of hydrogen-bond donors (Lipinski definition) is 1. The monoisotopic (exact) mass is 275 g/mol. The molecule has 0 aliphatic carbocycles. The Morgan fingerprint density at radius 1 is 1.26 bits per heavy atom. The SMILES string of the molecule is CCc1oc2ccccc2c1CNC1CCSCC1. The van der Waals surface area contributed by atoms with Crippen LogP contribution in [0.25, 0.3) is 11.0 Å². The molecule has 19 heavy (non-hydrogen) atoms. The van der Waals surface area contributed by atoms with Crippen molar-refractivity contribution in [2.24, 2.45) is 0 Å². The third-order valence-electron chi connectivity index (χ3n) is 3.89. The van der Waals surface area contributed by atoms with Crippen LogP contribution in [-0.4, -0.2) is 17.5 Å². The molecule has 1 N–H and O–H groups in total. The van der Waals surface area contributed by atoms with Gasteiger partial charge in [-0.2, -0.15) is 11.8 Å². The van der Waals surface area contributed by atoms with Gasteiger partial charge in [-0.3, -0.25) is 0 Å². The summed E-state index contributed by atoms with van der Waals surface area (Å²) in [5, 5.41) is 4.99. The molecule has 102 valence electrons. The molecule has 0 spiro atoms. The summed E-state index contributed by atoms with van der Waals surface area (Å²) in [4.78, 5) is 0. The number of hydrogen-bond acceptors (Lipinski definition) is 3. The fourth-order valence-corrected chi connectivity index (χ4v) is 3.88. The number of rotatable bonds is 4. The molecule has 3 rings (SSSR count). The minimum atomic E-state index is 0.680. The van der Waals surface area contributed by atoms with Crippen LogP contribution in [0.2, 0.25) is 0 Å². The van der Waals surface area contributed by atoms with E-state index in [0.717, 1.165) is 24.3 Å². The molecule has 0 atom stereocenters. The normalized spacial score (nSPS) is 17.1. The zero-order chi connectivity index (χ0) is 13.1. The van der Waals surface area contributed by atoms with Crippen molar-refractivity contribution in [3.05, 3.63) is 35.6 Å². The van der Waals surface area contributed by atoms with Gasteiger partial charge in [-0.15, -0.1) is 0 Å². The molecule has 2 nitrogen and oxygen atoms in total. The maximum atomic E-state index is 5.94. The van der Waals surface area contributed by atoms with Crippen LogP contribution in [0.15, 0.2) is 28.7 Å². The smallest absolute Gasteiger partial charge is 0.134 e. The Morgan fingerprint density at radius 2 is 2.05 bits per heavy atom. The molecule has 1 aliphatic heterocycles. The molecule has 0 bridgehead atoms. The van der Waals surface area contributed by atoms with Gasteiger partial charge >= 0.3 is 0 Å². The highest BCUT2D eigenvalue weighted by molar-refractivity contribution is 7.99. The van der Waals surface area contributed by atoms with Gasteiger partial charge in [0.15, 0.2) is 0 Å². The van der Waals surface area contributed by atoms with Crippen LogP contribution in [0.3, 0.4) is 0 Å². The van der Waals surface area contributed by atoms with E-state index in [0.29, 0.717) is 6.04 Å². The molecule has 1 aromatic carbocycles. The Hall–Kier alpha value is -0.930. The van der Waals surface area contributed by atoms with Crippen molar-refractivity contribution in [3.8, 4) is 0 Å². The van der Waals surface area contributed by atoms with Crippen molar-refractivity contribution in [2.75, 3.05) is 11.5 Å². The first-order valence-electron chi connectivity index (χ1n) is 7.19. The van der Waals surface area contributed by atoms with Gasteiger partial charge in [0.25, 0.3) is 0 Å². The molecule has 3 heteroatoms. The Labute approximate surface area is 118 Å². The Morgan fingerprint density at radius 3 is 2.84 bits per heavy atom. The minimum absolute atomic E-state index is 0.680. The molecular formula is C16H21NOS. The number of aryl methyl sites for hydroxylation is 1. The third kappa shape index (κ3) is 2.82. The molecule has 0 unspecified atom stereocenters. The third-order valence-corrected chi connectivity index (χ3v) is 4.94. The number of para-hydroxylation sites is 1. The van der Waals surface area contributed by atoms with Crippen molar-refractivity contribution in [1.29, 1.82) is 0 Å². The summed E-state index contributed by atoms with van der Waals surface area (Å²) in [5.41, 5.74) is 2.38. The molecule has 2 aromatic rings. The minimum Gasteiger partial charge on any atom is -0.461 e. The van der Waals surface area contributed by atoms with Gasteiger partial charge in [0.1, 0.15) is 11.3 Å². The van der Waals surface area contributed by atoms with Crippen molar-refractivity contribution in [3.63, 3.8) is 0 Å². The number of thioether (sulfide) groups is 1. The summed E-state index contributed by atoms with van der Waals surface area (Å²) < 4.78 is 5.94. The Kier molecular flexibility index (Phi) is 4.14. The van der Waals surface area contributed by atoms with Crippen LogP contribution >= 0.6 is 11.8 Å². The topological polar surface area (TPSA) is 25.2 Å². The average Bonchev–Trinajstić information content (AvgIpc) is 2.84. The molecule has 1 saturated heterocycles. The van der Waals surface area contributed by atoms with Gasteiger partial charge in [0.2, 0.25) is 0 Å². The van der Waals surface area contributed by atoms with Crippen molar-refractivity contribution in [2.45, 2.75) is 38.8 Å². The van der Waals surface area contributed by atoms with Crippen LogP contribution in [0.4, 0.5) is 0 Å². The van der Waals surface area contributed by atoms with E-state index in [2.05, 4.69) is 42.2 Å². The highest BCUT2D eigenvalue weighted by Crippen LogP contribution is 2.27. The largest absolute Gasteiger partial charge is 0.461 e. The zero-order valence-corrected chi connectivity index (χ0v) is 12.3. The zero-order valence-electron chi connectivity index (χ0n) is 11.4. The van der Waals surface area contributed by atoms with Crippen molar-refractivity contribution in [1.82, 2.24) is 5.32 Å². The lowest BCUT2D eigenvalue weighted by Gasteiger charge is -2.22. The summed E-state index contributed by atoms with van der Waals surface area (Å²) in [6.07, 6.45) is 3.55. The van der Waals surface area contributed by atoms with E-state index in [9.17, 15) is 0 Å². The average molecular weight is 275 g/mol.